The van der Waals surface area contributed by atoms with Crippen LogP contribution in [0.15, 0.2) is 53.2 Å². The lowest BCUT2D eigenvalue weighted by Gasteiger charge is -2.21. The standard InChI is InChI=1S/C25H23N3O4S2/c1-15-6-5-7-22(16(15)2)28(17(3)29)25-26-19(13-34-25)12-32-24(30)21-14-33-23(27-21)18-8-10-20(31-4)11-9-18/h5-11,13-14H,12H2,1-4H3. The second-order valence-corrected chi connectivity index (χ2v) is 9.23. The highest BCUT2D eigenvalue weighted by atomic mass is 32.1. The fraction of sp³-hybridized carbons (Fsp3) is 0.200. The number of nitrogens with zero attached hydrogens (tertiary/aromatic N) is 3. The second kappa shape index (κ2) is 10.1. The number of hydrogen-bond donors (Lipinski definition) is 0. The molecule has 1 amide bonds. The first-order valence-electron chi connectivity index (χ1n) is 10.5. The van der Waals surface area contributed by atoms with Crippen LogP contribution in [0.3, 0.4) is 0 Å². The third-order valence-corrected chi connectivity index (χ3v) is 7.03. The maximum Gasteiger partial charge on any atom is 0.358 e. The summed E-state index contributed by atoms with van der Waals surface area (Å²) in [6, 6.07) is 13.3. The first-order chi connectivity index (χ1) is 16.4. The van der Waals surface area contributed by atoms with E-state index in [0.717, 1.165) is 33.1 Å². The normalized spacial score (nSPS) is 10.7. The van der Waals surface area contributed by atoms with Gasteiger partial charge in [-0.1, -0.05) is 12.1 Å². The number of aryl methyl sites for hydroxylation is 1. The predicted octanol–water partition coefficient (Wildman–Crippen LogP) is 5.93. The zero-order chi connectivity index (χ0) is 24.2. The van der Waals surface area contributed by atoms with E-state index >= 15 is 0 Å². The van der Waals surface area contributed by atoms with Crippen LogP contribution in [0.4, 0.5) is 10.8 Å². The molecule has 0 spiro atoms. The Morgan fingerprint density at radius 3 is 2.47 bits per heavy atom. The Kier molecular flexibility index (Phi) is 7.04. The van der Waals surface area contributed by atoms with Gasteiger partial charge >= 0.3 is 5.97 Å². The molecule has 0 unspecified atom stereocenters. The van der Waals surface area contributed by atoms with E-state index in [-0.39, 0.29) is 18.2 Å². The molecular weight excluding hydrogens is 470 g/mol. The molecule has 0 atom stereocenters. The molecule has 0 radical (unpaired) electrons. The summed E-state index contributed by atoms with van der Waals surface area (Å²) < 4.78 is 10.6. The lowest BCUT2D eigenvalue weighted by Crippen LogP contribution is -2.23. The van der Waals surface area contributed by atoms with Crippen molar-refractivity contribution in [2.24, 2.45) is 0 Å². The van der Waals surface area contributed by atoms with Crippen molar-refractivity contribution in [3.8, 4) is 16.3 Å². The fourth-order valence-electron chi connectivity index (χ4n) is 3.30. The molecule has 7 nitrogen and oxygen atoms in total. The highest BCUT2D eigenvalue weighted by Crippen LogP contribution is 2.32. The summed E-state index contributed by atoms with van der Waals surface area (Å²) in [5.74, 6) is 0.0899. The highest BCUT2D eigenvalue weighted by molar-refractivity contribution is 7.14. The van der Waals surface area contributed by atoms with Gasteiger partial charge in [-0.25, -0.2) is 14.8 Å². The van der Waals surface area contributed by atoms with E-state index in [0.29, 0.717) is 10.8 Å². The smallest absolute Gasteiger partial charge is 0.358 e. The molecule has 0 aliphatic carbocycles. The van der Waals surface area contributed by atoms with Crippen molar-refractivity contribution in [3.63, 3.8) is 0 Å². The largest absolute Gasteiger partial charge is 0.497 e. The third kappa shape index (κ3) is 5.00. The number of ether oxygens (including phenoxy) is 2. The van der Waals surface area contributed by atoms with Crippen molar-refractivity contribution < 1.29 is 19.1 Å². The van der Waals surface area contributed by atoms with Crippen molar-refractivity contribution in [2.45, 2.75) is 27.4 Å². The van der Waals surface area contributed by atoms with Crippen LogP contribution in [-0.2, 0) is 16.1 Å². The van der Waals surface area contributed by atoms with Gasteiger partial charge in [-0.2, -0.15) is 0 Å². The first kappa shape index (κ1) is 23.6. The molecule has 0 fully saturated rings. The summed E-state index contributed by atoms with van der Waals surface area (Å²) in [5, 5.41) is 4.71. The maximum atomic E-state index is 12.5. The number of carbonyl (C=O) groups excluding carboxylic acids is 2. The average molecular weight is 494 g/mol. The number of anilines is 2. The molecule has 2 heterocycles. The molecule has 0 saturated heterocycles. The van der Waals surface area contributed by atoms with E-state index in [4.69, 9.17) is 9.47 Å². The van der Waals surface area contributed by atoms with Crippen LogP contribution in [0.1, 0.15) is 34.2 Å². The number of thiazole rings is 2. The molecule has 0 bridgehead atoms. The van der Waals surface area contributed by atoms with E-state index in [1.54, 1.807) is 22.8 Å². The quantitative estimate of drug-likeness (QED) is 0.297. The molecular formula is C25H23N3O4S2. The second-order valence-electron chi connectivity index (χ2n) is 7.54. The molecule has 34 heavy (non-hydrogen) atoms. The highest BCUT2D eigenvalue weighted by Gasteiger charge is 2.21. The lowest BCUT2D eigenvalue weighted by atomic mass is 10.1. The van der Waals surface area contributed by atoms with Gasteiger partial charge in [0.1, 0.15) is 17.4 Å². The Bertz CT molecular complexity index is 1330. The van der Waals surface area contributed by atoms with Gasteiger partial charge < -0.3 is 9.47 Å². The van der Waals surface area contributed by atoms with Crippen molar-refractivity contribution >= 4 is 45.4 Å². The van der Waals surface area contributed by atoms with Gasteiger partial charge in [0, 0.05) is 23.2 Å². The van der Waals surface area contributed by atoms with Gasteiger partial charge in [-0.05, 0) is 55.3 Å². The van der Waals surface area contributed by atoms with E-state index in [1.807, 2.05) is 56.3 Å². The zero-order valence-electron chi connectivity index (χ0n) is 19.2. The summed E-state index contributed by atoms with van der Waals surface area (Å²) in [5.41, 5.74) is 4.59. The summed E-state index contributed by atoms with van der Waals surface area (Å²) in [7, 11) is 1.61. The van der Waals surface area contributed by atoms with Gasteiger partial charge in [0.15, 0.2) is 10.8 Å². The number of methoxy groups -OCH3 is 1. The minimum Gasteiger partial charge on any atom is -0.497 e. The van der Waals surface area contributed by atoms with E-state index in [9.17, 15) is 9.59 Å². The summed E-state index contributed by atoms with van der Waals surface area (Å²) in [6.45, 7) is 5.47. The van der Waals surface area contributed by atoms with Gasteiger partial charge in [0.25, 0.3) is 0 Å². The Balaban J connectivity index is 1.44. The summed E-state index contributed by atoms with van der Waals surface area (Å²) >= 11 is 2.69. The van der Waals surface area contributed by atoms with E-state index in [2.05, 4.69) is 9.97 Å². The van der Waals surface area contributed by atoms with Crippen LogP contribution in [0.5, 0.6) is 5.75 Å². The third-order valence-electron chi connectivity index (χ3n) is 5.26. The number of benzene rings is 2. The van der Waals surface area contributed by atoms with Gasteiger partial charge in [0.2, 0.25) is 5.91 Å². The Labute approximate surface area is 205 Å². The molecule has 4 aromatic rings. The summed E-state index contributed by atoms with van der Waals surface area (Å²) in [6.07, 6.45) is 0. The van der Waals surface area contributed by atoms with Gasteiger partial charge in [0.05, 0.1) is 18.5 Å². The van der Waals surface area contributed by atoms with E-state index < -0.39 is 5.97 Å². The Morgan fingerprint density at radius 2 is 1.76 bits per heavy atom. The SMILES string of the molecule is COc1ccc(-c2nc(C(=O)OCc3csc(N(C(C)=O)c4cccc(C)c4C)n3)cs2)cc1. The number of hydrogen-bond acceptors (Lipinski definition) is 8. The lowest BCUT2D eigenvalue weighted by molar-refractivity contribution is -0.115. The average Bonchev–Trinajstić information content (AvgIpc) is 3.51. The van der Waals surface area contributed by atoms with Crippen LogP contribution >= 0.6 is 22.7 Å². The van der Waals surface area contributed by atoms with Crippen LogP contribution < -0.4 is 9.64 Å². The first-order valence-corrected chi connectivity index (χ1v) is 12.2. The Morgan fingerprint density at radius 1 is 1.00 bits per heavy atom. The molecule has 2 aromatic heterocycles. The van der Waals surface area contributed by atoms with Crippen molar-refractivity contribution in [1.29, 1.82) is 0 Å². The van der Waals surface area contributed by atoms with Crippen LogP contribution in [-0.4, -0.2) is 29.0 Å². The fourth-order valence-corrected chi connectivity index (χ4v) is 4.96. The molecule has 2 aromatic carbocycles. The molecule has 174 valence electrons. The summed E-state index contributed by atoms with van der Waals surface area (Å²) in [4.78, 5) is 35.5. The number of carbonyl (C=O) groups is 2. The minimum absolute atomic E-state index is 0.0106. The minimum atomic E-state index is -0.525. The molecule has 0 aliphatic rings. The number of rotatable bonds is 7. The topological polar surface area (TPSA) is 81.6 Å². The molecule has 0 aliphatic heterocycles. The molecule has 9 heteroatoms. The van der Waals surface area contributed by atoms with Crippen molar-refractivity contribution in [3.05, 3.63) is 75.7 Å². The van der Waals surface area contributed by atoms with Crippen LogP contribution in [0.25, 0.3) is 10.6 Å². The maximum absolute atomic E-state index is 12.5. The molecule has 0 saturated carbocycles. The monoisotopic (exact) mass is 493 g/mol. The van der Waals surface area contributed by atoms with E-state index in [1.165, 1.54) is 29.6 Å². The van der Waals surface area contributed by atoms with Crippen LogP contribution in [0, 0.1) is 13.8 Å². The van der Waals surface area contributed by atoms with Gasteiger partial charge in [-0.3, -0.25) is 9.69 Å². The Hall–Kier alpha value is -3.56. The van der Waals surface area contributed by atoms with Crippen molar-refractivity contribution in [2.75, 3.05) is 12.0 Å². The number of aromatic nitrogens is 2. The van der Waals surface area contributed by atoms with Crippen LogP contribution in [0.2, 0.25) is 0 Å². The van der Waals surface area contributed by atoms with Crippen molar-refractivity contribution in [1.82, 2.24) is 9.97 Å². The molecule has 0 N–H and O–H groups in total. The molecule has 4 rings (SSSR count). The number of amides is 1. The number of esters is 1. The van der Waals surface area contributed by atoms with Gasteiger partial charge in [-0.15, -0.1) is 22.7 Å². The zero-order valence-corrected chi connectivity index (χ0v) is 20.8. The predicted molar refractivity (Wildman–Crippen MR) is 134 cm³/mol.